The molecule has 26 heavy (non-hydrogen) atoms. The third-order valence-corrected chi connectivity index (χ3v) is 4.67. The number of benzene rings is 2. The van der Waals surface area contributed by atoms with E-state index in [0.717, 1.165) is 49.1 Å². The van der Waals surface area contributed by atoms with E-state index in [-0.39, 0.29) is 5.82 Å². The van der Waals surface area contributed by atoms with Crippen LogP contribution in [0.3, 0.4) is 0 Å². The number of piperazine rings is 1. The maximum Gasteiger partial charge on any atom is 0.161 e. The van der Waals surface area contributed by atoms with Gasteiger partial charge in [-0.15, -0.1) is 0 Å². The Balaban J connectivity index is 1.53. The molecule has 0 radical (unpaired) electrons. The van der Waals surface area contributed by atoms with Gasteiger partial charge >= 0.3 is 0 Å². The lowest BCUT2D eigenvalue weighted by atomic mass is 10.2. The minimum absolute atomic E-state index is 0.162. The number of hydrogen-bond acceptors (Lipinski definition) is 4. The van der Waals surface area contributed by atoms with Crippen LogP contribution in [0.2, 0.25) is 0 Å². The van der Waals surface area contributed by atoms with E-state index in [9.17, 15) is 4.39 Å². The number of aromatic nitrogens is 2. The molecular formula is C21H21FN4. The Morgan fingerprint density at radius 2 is 1.46 bits per heavy atom. The molecule has 1 fully saturated rings. The summed E-state index contributed by atoms with van der Waals surface area (Å²) in [5, 5.41) is 0. The van der Waals surface area contributed by atoms with Crippen LogP contribution >= 0.6 is 0 Å². The van der Waals surface area contributed by atoms with E-state index < -0.39 is 0 Å². The third-order valence-electron chi connectivity index (χ3n) is 4.67. The largest absolute Gasteiger partial charge is 0.366 e. The van der Waals surface area contributed by atoms with Gasteiger partial charge in [0.05, 0.1) is 5.69 Å². The highest BCUT2D eigenvalue weighted by Gasteiger charge is 2.21. The molecule has 1 saturated heterocycles. The maximum absolute atomic E-state index is 14.0. The summed E-state index contributed by atoms with van der Waals surface area (Å²) in [6.45, 7) is 5.14. The van der Waals surface area contributed by atoms with Crippen molar-refractivity contribution in [3.05, 3.63) is 72.2 Å². The van der Waals surface area contributed by atoms with Crippen molar-refractivity contribution in [3.63, 3.8) is 0 Å². The molecular weight excluding hydrogens is 327 g/mol. The van der Waals surface area contributed by atoms with Gasteiger partial charge in [0.25, 0.3) is 0 Å². The van der Waals surface area contributed by atoms with Crippen molar-refractivity contribution in [1.29, 1.82) is 0 Å². The van der Waals surface area contributed by atoms with Gasteiger partial charge < -0.3 is 9.80 Å². The molecule has 0 amide bonds. The Kier molecular flexibility index (Phi) is 4.52. The number of para-hydroxylation sites is 1. The van der Waals surface area contributed by atoms with Crippen LogP contribution < -0.4 is 9.80 Å². The van der Waals surface area contributed by atoms with Crippen LogP contribution in [0.4, 0.5) is 15.9 Å². The van der Waals surface area contributed by atoms with Gasteiger partial charge in [-0.25, -0.2) is 14.4 Å². The normalized spacial score (nSPS) is 14.5. The average molecular weight is 348 g/mol. The molecule has 5 heteroatoms. The molecule has 0 N–H and O–H groups in total. The first kappa shape index (κ1) is 16.5. The molecule has 4 rings (SSSR count). The fourth-order valence-electron chi connectivity index (χ4n) is 3.31. The number of halogens is 1. The predicted molar refractivity (Wildman–Crippen MR) is 103 cm³/mol. The summed E-state index contributed by atoms with van der Waals surface area (Å²) >= 11 is 0. The quantitative estimate of drug-likeness (QED) is 0.718. The number of nitrogens with zero attached hydrogens (tertiary/aromatic N) is 4. The number of anilines is 2. The standard InChI is InChI=1S/C21H21FN4/c1-16-15-20(24-21(23-16)17-7-3-2-4-8-17)26-13-11-25(12-14-26)19-10-6-5-9-18(19)22/h2-10,15H,11-14H2,1H3. The highest BCUT2D eigenvalue weighted by molar-refractivity contribution is 5.58. The summed E-state index contributed by atoms with van der Waals surface area (Å²) in [7, 11) is 0. The molecule has 0 atom stereocenters. The second-order valence-corrected chi connectivity index (χ2v) is 6.48. The van der Waals surface area contributed by atoms with Crippen LogP contribution in [0.15, 0.2) is 60.7 Å². The van der Waals surface area contributed by atoms with E-state index in [2.05, 4.69) is 14.8 Å². The summed E-state index contributed by atoms with van der Waals surface area (Å²) in [6.07, 6.45) is 0. The molecule has 1 aromatic heterocycles. The van der Waals surface area contributed by atoms with Gasteiger partial charge in [-0.05, 0) is 19.1 Å². The van der Waals surface area contributed by atoms with Gasteiger partial charge in [-0.2, -0.15) is 0 Å². The Bertz CT molecular complexity index is 890. The van der Waals surface area contributed by atoms with Crippen molar-refractivity contribution in [3.8, 4) is 11.4 Å². The minimum Gasteiger partial charge on any atom is -0.366 e. The number of hydrogen-bond donors (Lipinski definition) is 0. The molecule has 0 bridgehead atoms. The van der Waals surface area contributed by atoms with Crippen molar-refractivity contribution >= 4 is 11.5 Å². The SMILES string of the molecule is Cc1cc(N2CCN(c3ccccc3F)CC2)nc(-c2ccccc2)n1. The molecule has 0 spiro atoms. The lowest BCUT2D eigenvalue weighted by Gasteiger charge is -2.37. The minimum atomic E-state index is -0.162. The van der Waals surface area contributed by atoms with E-state index in [1.54, 1.807) is 6.07 Å². The van der Waals surface area contributed by atoms with Gasteiger partial charge in [-0.3, -0.25) is 0 Å². The van der Waals surface area contributed by atoms with Crippen molar-refractivity contribution in [2.75, 3.05) is 36.0 Å². The topological polar surface area (TPSA) is 32.3 Å². The van der Waals surface area contributed by atoms with Crippen LogP contribution in [0, 0.1) is 12.7 Å². The second kappa shape index (κ2) is 7.12. The molecule has 0 unspecified atom stereocenters. The zero-order valence-electron chi connectivity index (χ0n) is 14.8. The van der Waals surface area contributed by atoms with Gasteiger partial charge in [0.1, 0.15) is 11.6 Å². The summed E-state index contributed by atoms with van der Waals surface area (Å²) in [5.41, 5.74) is 2.64. The van der Waals surface area contributed by atoms with Crippen LogP contribution in [-0.2, 0) is 0 Å². The molecule has 0 saturated carbocycles. The van der Waals surface area contributed by atoms with E-state index in [0.29, 0.717) is 5.69 Å². The lowest BCUT2D eigenvalue weighted by molar-refractivity contribution is 0.596. The summed E-state index contributed by atoms with van der Waals surface area (Å²) in [6, 6.07) is 19.0. The summed E-state index contributed by atoms with van der Waals surface area (Å²) in [5.74, 6) is 1.52. The van der Waals surface area contributed by atoms with Gasteiger partial charge in [0.2, 0.25) is 0 Å². The van der Waals surface area contributed by atoms with Crippen LogP contribution in [0.1, 0.15) is 5.69 Å². The first-order chi connectivity index (χ1) is 12.7. The number of aryl methyl sites for hydroxylation is 1. The highest BCUT2D eigenvalue weighted by atomic mass is 19.1. The molecule has 0 aliphatic carbocycles. The molecule has 1 aliphatic heterocycles. The van der Waals surface area contributed by atoms with E-state index in [1.165, 1.54) is 6.07 Å². The van der Waals surface area contributed by atoms with E-state index >= 15 is 0 Å². The Morgan fingerprint density at radius 1 is 0.808 bits per heavy atom. The fraction of sp³-hybridized carbons (Fsp3) is 0.238. The van der Waals surface area contributed by atoms with Crippen LogP contribution in [-0.4, -0.2) is 36.1 Å². The monoisotopic (exact) mass is 348 g/mol. The van der Waals surface area contributed by atoms with Crippen molar-refractivity contribution in [2.24, 2.45) is 0 Å². The van der Waals surface area contributed by atoms with Gasteiger partial charge in [0.15, 0.2) is 5.82 Å². The predicted octanol–water partition coefficient (Wildman–Crippen LogP) is 3.92. The fourth-order valence-corrected chi connectivity index (χ4v) is 3.31. The van der Waals surface area contributed by atoms with E-state index in [4.69, 9.17) is 4.98 Å². The lowest BCUT2D eigenvalue weighted by Crippen LogP contribution is -2.47. The second-order valence-electron chi connectivity index (χ2n) is 6.48. The smallest absolute Gasteiger partial charge is 0.161 e. The zero-order valence-corrected chi connectivity index (χ0v) is 14.8. The maximum atomic E-state index is 14.0. The van der Waals surface area contributed by atoms with Crippen molar-refractivity contribution in [1.82, 2.24) is 9.97 Å². The molecule has 1 aliphatic rings. The molecule has 132 valence electrons. The van der Waals surface area contributed by atoms with Crippen LogP contribution in [0.5, 0.6) is 0 Å². The Hall–Kier alpha value is -2.95. The van der Waals surface area contributed by atoms with Crippen molar-refractivity contribution in [2.45, 2.75) is 6.92 Å². The molecule has 2 aromatic carbocycles. The van der Waals surface area contributed by atoms with E-state index in [1.807, 2.05) is 55.5 Å². The van der Waals surface area contributed by atoms with Crippen LogP contribution in [0.25, 0.3) is 11.4 Å². The molecule has 4 nitrogen and oxygen atoms in total. The molecule has 2 heterocycles. The Labute approximate surface area is 152 Å². The Morgan fingerprint density at radius 3 is 2.19 bits per heavy atom. The number of rotatable bonds is 3. The third kappa shape index (κ3) is 3.38. The first-order valence-electron chi connectivity index (χ1n) is 8.86. The van der Waals surface area contributed by atoms with Crippen molar-refractivity contribution < 1.29 is 4.39 Å². The zero-order chi connectivity index (χ0) is 17.9. The average Bonchev–Trinajstić information content (AvgIpc) is 2.69. The van der Waals surface area contributed by atoms with Gasteiger partial charge in [-0.1, -0.05) is 42.5 Å². The summed E-state index contributed by atoms with van der Waals surface area (Å²) in [4.78, 5) is 13.7. The highest BCUT2D eigenvalue weighted by Crippen LogP contribution is 2.24. The summed E-state index contributed by atoms with van der Waals surface area (Å²) < 4.78 is 14.0. The molecule has 3 aromatic rings. The van der Waals surface area contributed by atoms with Gasteiger partial charge in [0, 0.05) is 43.5 Å². The first-order valence-corrected chi connectivity index (χ1v) is 8.86.